The zero-order valence-corrected chi connectivity index (χ0v) is 15.9. The van der Waals surface area contributed by atoms with E-state index >= 15 is 0 Å². The summed E-state index contributed by atoms with van der Waals surface area (Å²) in [4.78, 5) is 24.3. The lowest BCUT2D eigenvalue weighted by molar-refractivity contribution is -0.137. The summed E-state index contributed by atoms with van der Waals surface area (Å²) in [5, 5.41) is 12.5. The molecule has 0 unspecified atom stereocenters. The van der Waals surface area contributed by atoms with Gasteiger partial charge in [-0.25, -0.2) is 15.0 Å². The molecule has 0 saturated heterocycles. The Morgan fingerprint density at radius 3 is 2.74 bits per heavy atom. The molecule has 0 aliphatic carbocycles. The highest BCUT2D eigenvalue weighted by atomic mass is 16.4. The van der Waals surface area contributed by atoms with Crippen LogP contribution in [0.1, 0.15) is 67.1 Å². The molecule has 0 fully saturated rings. The van der Waals surface area contributed by atoms with E-state index in [0.29, 0.717) is 5.82 Å². The Balaban J connectivity index is 1.39. The third-order valence-electron chi connectivity index (χ3n) is 5.15. The molecule has 0 amide bonds. The van der Waals surface area contributed by atoms with Gasteiger partial charge < -0.3 is 10.4 Å². The zero-order valence-electron chi connectivity index (χ0n) is 15.9. The van der Waals surface area contributed by atoms with Gasteiger partial charge in [-0.15, -0.1) is 0 Å². The van der Waals surface area contributed by atoms with Crippen molar-refractivity contribution in [3.8, 4) is 0 Å². The van der Waals surface area contributed by atoms with Crippen LogP contribution in [0.15, 0.2) is 24.5 Å². The number of aliphatic carboxylic acids is 1. The standard InChI is InChI=1S/C21H28N4O2/c1-15-23-13-18(14-24-15)17(12-20(26)27)6-4-2-3-5-7-19-9-8-16-10-11-22-21(16)25-19/h8-9,13-14,17H,2-7,10-12H2,1H3,(H,22,25)(H,26,27)/t17-/m0/s1. The van der Waals surface area contributed by atoms with E-state index in [1.54, 1.807) is 12.4 Å². The van der Waals surface area contributed by atoms with Crippen LogP contribution in [0.5, 0.6) is 0 Å². The first-order valence-electron chi connectivity index (χ1n) is 9.85. The largest absolute Gasteiger partial charge is 0.481 e. The third kappa shape index (κ3) is 5.74. The molecule has 27 heavy (non-hydrogen) atoms. The van der Waals surface area contributed by atoms with Gasteiger partial charge in [0.05, 0.1) is 6.42 Å². The van der Waals surface area contributed by atoms with Gasteiger partial charge in [-0.1, -0.05) is 25.3 Å². The number of carboxylic acids is 1. The number of unbranched alkanes of at least 4 members (excludes halogenated alkanes) is 3. The lowest BCUT2D eigenvalue weighted by atomic mass is 9.92. The second kappa shape index (κ2) is 9.44. The van der Waals surface area contributed by atoms with Crippen molar-refractivity contribution in [2.45, 2.75) is 64.2 Å². The van der Waals surface area contributed by atoms with Crippen LogP contribution in [0.25, 0.3) is 0 Å². The molecule has 1 atom stereocenters. The number of carboxylic acid groups (broad SMARTS) is 1. The monoisotopic (exact) mass is 368 g/mol. The van der Waals surface area contributed by atoms with Gasteiger partial charge in [-0.05, 0) is 55.7 Å². The third-order valence-corrected chi connectivity index (χ3v) is 5.15. The Kier molecular flexibility index (Phi) is 6.74. The SMILES string of the molecule is Cc1ncc([C@@H](CCCCCCc2ccc3c(n2)NCC3)CC(=O)O)cn1. The fourth-order valence-corrected chi connectivity index (χ4v) is 3.60. The van der Waals surface area contributed by atoms with Crippen molar-refractivity contribution in [3.05, 3.63) is 47.2 Å². The van der Waals surface area contributed by atoms with Gasteiger partial charge in [0.1, 0.15) is 11.6 Å². The summed E-state index contributed by atoms with van der Waals surface area (Å²) in [7, 11) is 0. The first kappa shape index (κ1) is 19.3. The summed E-state index contributed by atoms with van der Waals surface area (Å²) < 4.78 is 0. The lowest BCUT2D eigenvalue weighted by Crippen LogP contribution is -2.08. The number of aromatic nitrogens is 3. The number of rotatable bonds is 10. The second-order valence-electron chi connectivity index (χ2n) is 7.30. The first-order chi connectivity index (χ1) is 13.1. The molecule has 2 N–H and O–H groups in total. The van der Waals surface area contributed by atoms with E-state index in [0.717, 1.165) is 68.6 Å². The number of nitrogens with one attached hydrogen (secondary N) is 1. The lowest BCUT2D eigenvalue weighted by Gasteiger charge is -2.14. The van der Waals surface area contributed by atoms with Crippen molar-refractivity contribution in [1.82, 2.24) is 15.0 Å². The van der Waals surface area contributed by atoms with Gasteiger partial charge >= 0.3 is 5.97 Å². The molecule has 0 saturated carbocycles. The van der Waals surface area contributed by atoms with E-state index < -0.39 is 5.97 Å². The van der Waals surface area contributed by atoms with E-state index in [1.807, 2.05) is 6.92 Å². The van der Waals surface area contributed by atoms with Crippen LogP contribution in [-0.4, -0.2) is 32.6 Å². The predicted octanol–water partition coefficient (Wildman–Crippen LogP) is 3.90. The smallest absolute Gasteiger partial charge is 0.303 e. The molecule has 6 nitrogen and oxygen atoms in total. The molecule has 0 aromatic carbocycles. The Hall–Kier alpha value is -2.50. The van der Waals surface area contributed by atoms with Gasteiger partial charge in [-0.3, -0.25) is 4.79 Å². The van der Waals surface area contributed by atoms with Crippen molar-refractivity contribution in [1.29, 1.82) is 0 Å². The average Bonchev–Trinajstić information content (AvgIpc) is 3.11. The maximum atomic E-state index is 11.2. The van der Waals surface area contributed by atoms with E-state index in [4.69, 9.17) is 0 Å². The topological polar surface area (TPSA) is 88.0 Å². The Labute approximate surface area is 160 Å². The van der Waals surface area contributed by atoms with Gasteiger partial charge in [0, 0.05) is 24.6 Å². The molecular weight excluding hydrogens is 340 g/mol. The number of pyridine rings is 1. The molecule has 2 aromatic heterocycles. The molecule has 3 heterocycles. The number of hydrogen-bond donors (Lipinski definition) is 2. The molecule has 0 bridgehead atoms. The Bertz CT molecular complexity index is 761. The van der Waals surface area contributed by atoms with Crippen LogP contribution < -0.4 is 5.32 Å². The van der Waals surface area contributed by atoms with Crippen LogP contribution in [0.3, 0.4) is 0 Å². The normalized spacial score (nSPS) is 13.8. The first-order valence-corrected chi connectivity index (χ1v) is 9.85. The van der Waals surface area contributed by atoms with E-state index in [9.17, 15) is 9.90 Å². The Morgan fingerprint density at radius 1 is 1.19 bits per heavy atom. The molecule has 0 radical (unpaired) electrons. The highest BCUT2D eigenvalue weighted by Crippen LogP contribution is 2.26. The fraction of sp³-hybridized carbons (Fsp3) is 0.524. The van der Waals surface area contributed by atoms with E-state index in [2.05, 4.69) is 32.4 Å². The quantitative estimate of drug-likeness (QED) is 0.618. The molecule has 1 aliphatic heterocycles. The van der Waals surface area contributed by atoms with Gasteiger partial charge in [0.15, 0.2) is 0 Å². The predicted molar refractivity (Wildman–Crippen MR) is 105 cm³/mol. The van der Waals surface area contributed by atoms with Crippen LogP contribution in [0.2, 0.25) is 0 Å². The van der Waals surface area contributed by atoms with Crippen molar-refractivity contribution >= 4 is 11.8 Å². The minimum Gasteiger partial charge on any atom is -0.481 e. The number of nitrogens with zero attached hydrogens (tertiary/aromatic N) is 3. The van der Waals surface area contributed by atoms with Crippen LogP contribution >= 0.6 is 0 Å². The minimum atomic E-state index is -0.767. The van der Waals surface area contributed by atoms with Crippen LogP contribution in [-0.2, 0) is 17.6 Å². The number of anilines is 1. The van der Waals surface area contributed by atoms with Gasteiger partial charge in [0.2, 0.25) is 0 Å². The van der Waals surface area contributed by atoms with Crippen LogP contribution in [0, 0.1) is 6.92 Å². The summed E-state index contributed by atoms with van der Waals surface area (Å²) >= 11 is 0. The zero-order chi connectivity index (χ0) is 19.1. The summed E-state index contributed by atoms with van der Waals surface area (Å²) in [5.41, 5.74) is 3.41. The summed E-state index contributed by atoms with van der Waals surface area (Å²) in [6, 6.07) is 4.34. The number of fused-ring (bicyclic) bond motifs is 1. The maximum Gasteiger partial charge on any atom is 0.303 e. The maximum absolute atomic E-state index is 11.2. The molecular formula is C21H28N4O2. The van der Waals surface area contributed by atoms with E-state index in [1.165, 1.54) is 5.56 Å². The summed E-state index contributed by atoms with van der Waals surface area (Å²) in [6.45, 7) is 2.83. The molecule has 0 spiro atoms. The van der Waals surface area contributed by atoms with Crippen LogP contribution in [0.4, 0.5) is 5.82 Å². The molecule has 3 rings (SSSR count). The molecule has 2 aromatic rings. The van der Waals surface area contributed by atoms with E-state index in [-0.39, 0.29) is 12.3 Å². The molecule has 1 aliphatic rings. The molecule has 144 valence electrons. The van der Waals surface area contributed by atoms with Crippen molar-refractivity contribution < 1.29 is 9.90 Å². The van der Waals surface area contributed by atoms with Crippen molar-refractivity contribution in [3.63, 3.8) is 0 Å². The number of aryl methyl sites for hydroxylation is 2. The second-order valence-corrected chi connectivity index (χ2v) is 7.30. The number of hydrogen-bond acceptors (Lipinski definition) is 5. The number of carbonyl (C=O) groups is 1. The average molecular weight is 368 g/mol. The Morgan fingerprint density at radius 2 is 1.96 bits per heavy atom. The van der Waals surface area contributed by atoms with Crippen molar-refractivity contribution in [2.24, 2.45) is 0 Å². The molecule has 6 heteroatoms. The summed E-state index contributed by atoms with van der Waals surface area (Å²) in [6.07, 6.45) is 11.0. The van der Waals surface area contributed by atoms with Gasteiger partial charge in [-0.2, -0.15) is 0 Å². The van der Waals surface area contributed by atoms with Crippen molar-refractivity contribution in [2.75, 3.05) is 11.9 Å². The summed E-state index contributed by atoms with van der Waals surface area (Å²) in [5.74, 6) is 0.997. The fourth-order valence-electron chi connectivity index (χ4n) is 3.60. The minimum absolute atomic E-state index is 0.00690. The highest BCUT2D eigenvalue weighted by molar-refractivity contribution is 5.68. The highest BCUT2D eigenvalue weighted by Gasteiger charge is 2.16. The van der Waals surface area contributed by atoms with Gasteiger partial charge in [0.25, 0.3) is 0 Å².